The summed E-state index contributed by atoms with van der Waals surface area (Å²) in [5.41, 5.74) is 6.89. The molecule has 0 aromatic heterocycles. The standard InChI is InChI=1S/C14H19BrN2O2/c15-13-6-5-10(16)8-12(13)14(19)17-7-3-1-2-4-11(17)9-18/h5-6,8,11,18H,1-4,7,9,16H2. The number of aliphatic hydroxyl groups excluding tert-OH is 1. The van der Waals surface area contributed by atoms with Crippen LogP contribution in [0.15, 0.2) is 22.7 Å². The second-order valence-corrected chi connectivity index (χ2v) is 5.78. The molecule has 1 heterocycles. The number of benzene rings is 1. The van der Waals surface area contributed by atoms with Gasteiger partial charge in [-0.05, 0) is 47.0 Å². The maximum Gasteiger partial charge on any atom is 0.255 e. The number of hydrogen-bond donors (Lipinski definition) is 2. The van der Waals surface area contributed by atoms with E-state index in [1.165, 1.54) is 0 Å². The number of carbonyl (C=O) groups is 1. The van der Waals surface area contributed by atoms with Crippen LogP contribution < -0.4 is 5.73 Å². The Hall–Kier alpha value is -1.07. The summed E-state index contributed by atoms with van der Waals surface area (Å²) in [6, 6.07) is 5.15. The third-order valence-electron chi connectivity index (χ3n) is 3.57. The summed E-state index contributed by atoms with van der Waals surface area (Å²) in [5, 5.41) is 9.48. The molecular formula is C14H19BrN2O2. The Morgan fingerprint density at radius 2 is 2.21 bits per heavy atom. The summed E-state index contributed by atoms with van der Waals surface area (Å²) in [4.78, 5) is 14.4. The quantitative estimate of drug-likeness (QED) is 0.820. The first-order valence-corrected chi connectivity index (χ1v) is 7.39. The van der Waals surface area contributed by atoms with Gasteiger partial charge >= 0.3 is 0 Å². The number of hydrogen-bond acceptors (Lipinski definition) is 3. The maximum atomic E-state index is 12.6. The fourth-order valence-electron chi connectivity index (χ4n) is 2.50. The number of likely N-dealkylation sites (tertiary alicyclic amines) is 1. The smallest absolute Gasteiger partial charge is 0.255 e. The molecule has 0 bridgehead atoms. The van der Waals surface area contributed by atoms with Crippen molar-refractivity contribution in [2.45, 2.75) is 31.7 Å². The molecule has 0 spiro atoms. The summed E-state index contributed by atoms with van der Waals surface area (Å²) >= 11 is 3.39. The Morgan fingerprint density at radius 1 is 1.42 bits per heavy atom. The third-order valence-corrected chi connectivity index (χ3v) is 4.26. The van der Waals surface area contributed by atoms with Crippen LogP contribution in [0.3, 0.4) is 0 Å². The van der Waals surface area contributed by atoms with Crippen molar-refractivity contribution in [2.75, 3.05) is 18.9 Å². The van der Waals surface area contributed by atoms with Gasteiger partial charge < -0.3 is 15.7 Å². The number of carbonyl (C=O) groups excluding carboxylic acids is 1. The van der Waals surface area contributed by atoms with Crippen molar-refractivity contribution < 1.29 is 9.90 Å². The monoisotopic (exact) mass is 326 g/mol. The van der Waals surface area contributed by atoms with Crippen molar-refractivity contribution >= 4 is 27.5 Å². The van der Waals surface area contributed by atoms with Crippen molar-refractivity contribution in [1.82, 2.24) is 4.90 Å². The van der Waals surface area contributed by atoms with Gasteiger partial charge in [-0.3, -0.25) is 4.79 Å². The number of halogens is 1. The van der Waals surface area contributed by atoms with Crippen LogP contribution in [0.2, 0.25) is 0 Å². The largest absolute Gasteiger partial charge is 0.399 e. The van der Waals surface area contributed by atoms with Crippen LogP contribution in [0, 0.1) is 0 Å². The van der Waals surface area contributed by atoms with Crippen LogP contribution in [0.4, 0.5) is 5.69 Å². The molecule has 4 nitrogen and oxygen atoms in total. The minimum Gasteiger partial charge on any atom is -0.399 e. The molecule has 5 heteroatoms. The van der Waals surface area contributed by atoms with E-state index in [9.17, 15) is 9.90 Å². The fraction of sp³-hybridized carbons (Fsp3) is 0.500. The molecule has 1 saturated heterocycles. The first kappa shape index (κ1) is 14.3. The normalized spacial score (nSPS) is 20.1. The van der Waals surface area contributed by atoms with Gasteiger partial charge in [0.25, 0.3) is 5.91 Å². The lowest BCUT2D eigenvalue weighted by Gasteiger charge is -2.29. The highest BCUT2D eigenvalue weighted by Gasteiger charge is 2.26. The van der Waals surface area contributed by atoms with Crippen LogP contribution in [-0.2, 0) is 0 Å². The predicted octanol–water partition coefficient (Wildman–Crippen LogP) is 2.41. The first-order chi connectivity index (χ1) is 9.13. The van der Waals surface area contributed by atoms with Crippen molar-refractivity contribution in [1.29, 1.82) is 0 Å². The van der Waals surface area contributed by atoms with E-state index in [0.717, 1.165) is 30.2 Å². The van der Waals surface area contributed by atoms with Gasteiger partial charge in [0.15, 0.2) is 0 Å². The van der Waals surface area contributed by atoms with Gasteiger partial charge in [0, 0.05) is 16.7 Å². The summed E-state index contributed by atoms with van der Waals surface area (Å²) in [6.45, 7) is 0.719. The molecule has 0 saturated carbocycles. The minimum atomic E-state index is -0.0802. The second-order valence-electron chi connectivity index (χ2n) is 4.92. The van der Waals surface area contributed by atoms with E-state index in [4.69, 9.17) is 5.73 Å². The highest BCUT2D eigenvalue weighted by molar-refractivity contribution is 9.10. The van der Waals surface area contributed by atoms with Gasteiger partial charge in [-0.2, -0.15) is 0 Å². The van der Waals surface area contributed by atoms with Crippen LogP contribution >= 0.6 is 15.9 Å². The molecule has 0 radical (unpaired) electrons. The highest BCUT2D eigenvalue weighted by atomic mass is 79.9. The maximum absolute atomic E-state index is 12.6. The Balaban J connectivity index is 2.27. The molecule has 1 amide bonds. The van der Waals surface area contributed by atoms with Gasteiger partial charge in [0.2, 0.25) is 0 Å². The van der Waals surface area contributed by atoms with Crippen LogP contribution in [0.25, 0.3) is 0 Å². The lowest BCUT2D eigenvalue weighted by atomic mass is 10.1. The van der Waals surface area contributed by atoms with E-state index in [2.05, 4.69) is 15.9 Å². The summed E-state index contributed by atoms with van der Waals surface area (Å²) in [7, 11) is 0. The zero-order chi connectivity index (χ0) is 13.8. The molecule has 1 aromatic carbocycles. The number of nitrogens with zero attached hydrogens (tertiary/aromatic N) is 1. The van der Waals surface area contributed by atoms with E-state index < -0.39 is 0 Å². The number of amides is 1. The van der Waals surface area contributed by atoms with Crippen molar-refractivity contribution in [3.63, 3.8) is 0 Å². The van der Waals surface area contributed by atoms with E-state index in [1.807, 2.05) is 0 Å². The fourth-order valence-corrected chi connectivity index (χ4v) is 2.91. The molecule has 1 aliphatic heterocycles. The van der Waals surface area contributed by atoms with Gasteiger partial charge in [0.05, 0.1) is 18.2 Å². The molecule has 1 atom stereocenters. The second kappa shape index (κ2) is 6.39. The number of nitrogen functional groups attached to an aromatic ring is 1. The minimum absolute atomic E-state index is 0.0195. The van der Waals surface area contributed by atoms with Gasteiger partial charge in [-0.15, -0.1) is 0 Å². The molecule has 1 aliphatic rings. The Kier molecular flexibility index (Phi) is 4.82. The molecular weight excluding hydrogens is 308 g/mol. The lowest BCUT2D eigenvalue weighted by molar-refractivity contribution is 0.0599. The SMILES string of the molecule is Nc1ccc(Br)c(C(=O)N2CCCCCC2CO)c1. The van der Waals surface area contributed by atoms with Crippen molar-refractivity contribution in [2.24, 2.45) is 0 Å². The number of anilines is 1. The lowest BCUT2D eigenvalue weighted by Crippen LogP contribution is -2.42. The van der Waals surface area contributed by atoms with Gasteiger partial charge in [-0.25, -0.2) is 0 Å². The molecule has 104 valence electrons. The molecule has 2 rings (SSSR count). The average molecular weight is 327 g/mol. The molecule has 1 aromatic rings. The first-order valence-electron chi connectivity index (χ1n) is 6.60. The summed E-state index contributed by atoms with van der Waals surface area (Å²) in [6.07, 6.45) is 4.02. The number of rotatable bonds is 2. The summed E-state index contributed by atoms with van der Waals surface area (Å²) in [5.74, 6) is -0.0554. The topological polar surface area (TPSA) is 66.6 Å². The van der Waals surface area contributed by atoms with Gasteiger partial charge in [-0.1, -0.05) is 12.8 Å². The van der Waals surface area contributed by atoms with Crippen LogP contribution in [-0.4, -0.2) is 35.1 Å². The highest BCUT2D eigenvalue weighted by Crippen LogP contribution is 2.24. The summed E-state index contributed by atoms with van der Waals surface area (Å²) < 4.78 is 0.743. The average Bonchev–Trinajstić information content (AvgIpc) is 2.65. The van der Waals surface area contributed by atoms with Crippen LogP contribution in [0.1, 0.15) is 36.0 Å². The van der Waals surface area contributed by atoms with E-state index in [-0.39, 0.29) is 18.6 Å². The predicted molar refractivity (Wildman–Crippen MR) is 78.9 cm³/mol. The molecule has 1 fully saturated rings. The van der Waals surface area contributed by atoms with Crippen LogP contribution in [0.5, 0.6) is 0 Å². The number of aliphatic hydroxyl groups is 1. The Morgan fingerprint density at radius 3 is 2.95 bits per heavy atom. The Bertz CT molecular complexity index is 465. The molecule has 19 heavy (non-hydrogen) atoms. The molecule has 1 unspecified atom stereocenters. The zero-order valence-corrected chi connectivity index (χ0v) is 12.4. The van der Waals surface area contributed by atoms with Crippen molar-refractivity contribution in [3.05, 3.63) is 28.2 Å². The van der Waals surface area contributed by atoms with Gasteiger partial charge in [0.1, 0.15) is 0 Å². The Labute approximate surface area is 121 Å². The van der Waals surface area contributed by atoms with E-state index in [1.54, 1.807) is 23.1 Å². The third kappa shape index (κ3) is 3.28. The number of nitrogens with two attached hydrogens (primary N) is 1. The molecule has 3 N–H and O–H groups in total. The van der Waals surface area contributed by atoms with E-state index >= 15 is 0 Å². The molecule has 0 aliphatic carbocycles. The van der Waals surface area contributed by atoms with Crippen molar-refractivity contribution in [3.8, 4) is 0 Å². The zero-order valence-electron chi connectivity index (χ0n) is 10.8. The van der Waals surface area contributed by atoms with E-state index in [0.29, 0.717) is 17.8 Å².